The fraction of sp³-hybridized carbons (Fsp3) is 0.333. The normalized spacial score (nSPS) is 10.0. The Balaban J connectivity index is 3.07. The average molecular weight is 218 g/mol. The Bertz CT molecular complexity index is 282. The summed E-state index contributed by atoms with van der Waals surface area (Å²) in [4.78, 5) is 10.3. The first-order valence-electron chi connectivity index (χ1n) is 3.09. The number of aromatic nitrogens is 2. The molecule has 1 aromatic heterocycles. The minimum absolute atomic E-state index is 0.0492. The molecule has 0 unspecified atom stereocenters. The summed E-state index contributed by atoms with van der Waals surface area (Å²) in [5.41, 5.74) is -0.0492. The van der Waals surface area contributed by atoms with Crippen LogP contribution in [0.2, 0.25) is 0 Å². The fourth-order valence-corrected chi connectivity index (χ4v) is 1.17. The molecule has 1 rings (SSSR count). The number of carbonyl (C=O) groups is 1. The molecule has 0 aliphatic carbocycles. The van der Waals surface area contributed by atoms with Crippen molar-refractivity contribution in [2.45, 2.75) is 13.5 Å². The summed E-state index contributed by atoms with van der Waals surface area (Å²) >= 11 is 3.05. The third kappa shape index (κ3) is 1.59. The maximum Gasteiger partial charge on any atom is 0.122 e. The van der Waals surface area contributed by atoms with Crippen molar-refractivity contribution < 1.29 is 9.90 Å². The molecular weight excluding hydrogens is 212 g/mol. The van der Waals surface area contributed by atoms with E-state index >= 15 is 0 Å². The molecule has 0 spiro atoms. The fourth-order valence-electron chi connectivity index (χ4n) is 0.697. The van der Waals surface area contributed by atoms with Crippen LogP contribution in [-0.4, -0.2) is 15.7 Å². The van der Waals surface area contributed by atoms with Crippen LogP contribution >= 0.6 is 15.9 Å². The lowest BCUT2D eigenvalue weighted by molar-refractivity contribution is -0.255. The van der Waals surface area contributed by atoms with E-state index in [4.69, 9.17) is 0 Å². The highest BCUT2D eigenvalue weighted by Gasteiger charge is 2.05. The lowest BCUT2D eigenvalue weighted by Gasteiger charge is -1.95. The van der Waals surface area contributed by atoms with Crippen LogP contribution in [0.1, 0.15) is 17.4 Å². The van der Waals surface area contributed by atoms with Gasteiger partial charge in [0, 0.05) is 12.7 Å². The van der Waals surface area contributed by atoms with E-state index in [1.54, 1.807) is 6.20 Å². The first-order chi connectivity index (χ1) is 5.15. The van der Waals surface area contributed by atoms with Crippen molar-refractivity contribution in [3.8, 4) is 0 Å². The molecule has 0 aliphatic rings. The van der Waals surface area contributed by atoms with Crippen LogP contribution in [0.3, 0.4) is 0 Å². The molecule has 0 saturated heterocycles. The van der Waals surface area contributed by atoms with Gasteiger partial charge in [-0.25, -0.2) is 0 Å². The Morgan fingerprint density at radius 3 is 2.82 bits per heavy atom. The van der Waals surface area contributed by atoms with Crippen LogP contribution in [0, 0.1) is 0 Å². The Hall–Kier alpha value is -0.840. The summed E-state index contributed by atoms with van der Waals surface area (Å²) in [6.07, 6.45) is 1.60. The smallest absolute Gasteiger partial charge is 0.122 e. The zero-order valence-corrected chi connectivity index (χ0v) is 7.46. The van der Waals surface area contributed by atoms with Gasteiger partial charge in [0.15, 0.2) is 0 Å². The van der Waals surface area contributed by atoms with Gasteiger partial charge in [-0.3, -0.25) is 4.68 Å². The quantitative estimate of drug-likeness (QED) is 0.703. The van der Waals surface area contributed by atoms with Crippen molar-refractivity contribution in [3.05, 3.63) is 16.4 Å². The van der Waals surface area contributed by atoms with Crippen LogP contribution in [0.4, 0.5) is 0 Å². The van der Waals surface area contributed by atoms with E-state index in [-0.39, 0.29) is 5.69 Å². The molecule has 0 saturated carbocycles. The van der Waals surface area contributed by atoms with E-state index in [2.05, 4.69) is 21.0 Å². The Kier molecular flexibility index (Phi) is 2.28. The van der Waals surface area contributed by atoms with Gasteiger partial charge in [0.25, 0.3) is 0 Å². The predicted octanol–water partition coefficient (Wildman–Crippen LogP) is 0.0290. The van der Waals surface area contributed by atoms with Crippen LogP contribution in [0.25, 0.3) is 0 Å². The highest BCUT2D eigenvalue weighted by Crippen LogP contribution is 2.13. The monoisotopic (exact) mass is 217 g/mol. The molecule has 60 valence electrons. The van der Waals surface area contributed by atoms with E-state index in [0.29, 0.717) is 11.0 Å². The average Bonchev–Trinajstić information content (AvgIpc) is 2.30. The van der Waals surface area contributed by atoms with Crippen LogP contribution in [0.5, 0.6) is 0 Å². The summed E-state index contributed by atoms with van der Waals surface area (Å²) in [5, 5.41) is 14.1. The number of halogens is 1. The second-order valence-electron chi connectivity index (χ2n) is 1.97. The minimum Gasteiger partial charge on any atom is -0.543 e. The van der Waals surface area contributed by atoms with E-state index in [9.17, 15) is 9.90 Å². The first-order valence-corrected chi connectivity index (χ1v) is 3.88. The lowest BCUT2D eigenvalue weighted by atomic mass is 10.4. The molecular formula is C6H6BrN2O2-. The number of carbonyl (C=O) groups excluding carboxylic acids is 1. The van der Waals surface area contributed by atoms with Gasteiger partial charge in [-0.2, -0.15) is 5.10 Å². The van der Waals surface area contributed by atoms with Crippen molar-refractivity contribution in [1.29, 1.82) is 0 Å². The summed E-state index contributed by atoms with van der Waals surface area (Å²) in [5.74, 6) is -1.26. The first kappa shape index (κ1) is 8.26. The number of hydrogen-bond acceptors (Lipinski definition) is 3. The number of carboxylic acids is 1. The van der Waals surface area contributed by atoms with Gasteiger partial charge in [0.2, 0.25) is 0 Å². The maximum atomic E-state index is 10.3. The number of carboxylic acid groups (broad SMARTS) is 1. The highest BCUT2D eigenvalue weighted by molar-refractivity contribution is 9.10. The standard InChI is InChI=1S/C6H7BrN2O2/c1-2-9-3-4(7)5(8-9)6(10)11/h3H,2H2,1H3,(H,10,11)/p-1. The van der Waals surface area contributed by atoms with Gasteiger partial charge < -0.3 is 9.90 Å². The molecule has 0 atom stereocenters. The molecule has 0 fully saturated rings. The van der Waals surface area contributed by atoms with Crippen molar-refractivity contribution in [2.75, 3.05) is 0 Å². The Labute approximate surface area is 72.0 Å². The number of aromatic carboxylic acids is 1. The second kappa shape index (κ2) is 3.04. The summed E-state index contributed by atoms with van der Waals surface area (Å²) < 4.78 is 1.98. The zero-order chi connectivity index (χ0) is 8.43. The van der Waals surface area contributed by atoms with Gasteiger partial charge >= 0.3 is 0 Å². The highest BCUT2D eigenvalue weighted by atomic mass is 79.9. The van der Waals surface area contributed by atoms with E-state index in [1.807, 2.05) is 6.92 Å². The van der Waals surface area contributed by atoms with E-state index in [1.165, 1.54) is 4.68 Å². The number of rotatable bonds is 2. The molecule has 1 heterocycles. The summed E-state index contributed by atoms with van der Waals surface area (Å²) in [7, 11) is 0. The molecule has 0 N–H and O–H groups in total. The SMILES string of the molecule is CCn1cc(Br)c(C(=O)[O-])n1. The van der Waals surface area contributed by atoms with Crippen molar-refractivity contribution in [3.63, 3.8) is 0 Å². The van der Waals surface area contributed by atoms with Crippen LogP contribution < -0.4 is 5.11 Å². The molecule has 0 aromatic carbocycles. The van der Waals surface area contributed by atoms with Gasteiger partial charge in [0.05, 0.1) is 10.4 Å². The Morgan fingerprint density at radius 1 is 1.91 bits per heavy atom. The topological polar surface area (TPSA) is 58.0 Å². The van der Waals surface area contributed by atoms with Crippen molar-refractivity contribution in [1.82, 2.24) is 9.78 Å². The zero-order valence-electron chi connectivity index (χ0n) is 5.87. The molecule has 0 amide bonds. The number of nitrogens with zero attached hydrogens (tertiary/aromatic N) is 2. The van der Waals surface area contributed by atoms with E-state index in [0.717, 1.165) is 0 Å². The van der Waals surface area contributed by atoms with Gasteiger partial charge in [-0.1, -0.05) is 0 Å². The molecule has 0 bridgehead atoms. The van der Waals surface area contributed by atoms with Gasteiger partial charge in [0.1, 0.15) is 5.69 Å². The molecule has 11 heavy (non-hydrogen) atoms. The van der Waals surface area contributed by atoms with Crippen LogP contribution in [-0.2, 0) is 6.54 Å². The predicted molar refractivity (Wildman–Crippen MR) is 39.9 cm³/mol. The molecule has 0 aliphatic heterocycles. The molecule has 4 nitrogen and oxygen atoms in total. The third-order valence-electron chi connectivity index (χ3n) is 1.23. The number of aryl methyl sites for hydroxylation is 1. The number of hydrogen-bond donors (Lipinski definition) is 0. The second-order valence-corrected chi connectivity index (χ2v) is 2.82. The maximum absolute atomic E-state index is 10.3. The van der Waals surface area contributed by atoms with E-state index < -0.39 is 5.97 Å². The summed E-state index contributed by atoms with van der Waals surface area (Å²) in [6.45, 7) is 2.52. The minimum atomic E-state index is -1.26. The Morgan fingerprint density at radius 2 is 2.55 bits per heavy atom. The van der Waals surface area contributed by atoms with Crippen molar-refractivity contribution >= 4 is 21.9 Å². The summed E-state index contributed by atoms with van der Waals surface area (Å²) in [6, 6.07) is 0. The molecule has 0 radical (unpaired) electrons. The third-order valence-corrected chi connectivity index (χ3v) is 1.81. The van der Waals surface area contributed by atoms with Gasteiger partial charge in [-0.15, -0.1) is 0 Å². The van der Waals surface area contributed by atoms with Crippen LogP contribution in [0.15, 0.2) is 10.7 Å². The lowest BCUT2D eigenvalue weighted by Crippen LogP contribution is -2.23. The molecule has 5 heteroatoms. The van der Waals surface area contributed by atoms with Gasteiger partial charge in [-0.05, 0) is 22.9 Å². The largest absolute Gasteiger partial charge is 0.543 e. The van der Waals surface area contributed by atoms with Crippen molar-refractivity contribution in [2.24, 2.45) is 0 Å². The molecule has 1 aromatic rings.